The molecule has 1 atom stereocenters. The summed E-state index contributed by atoms with van der Waals surface area (Å²) in [5.41, 5.74) is 2.17. The van der Waals surface area contributed by atoms with Crippen LogP contribution in [0.4, 0.5) is 5.69 Å². The van der Waals surface area contributed by atoms with Gasteiger partial charge in [-0.15, -0.1) is 0 Å². The number of ether oxygens (including phenoxy) is 1. The molecule has 0 saturated heterocycles. The average molecular weight is 381 g/mol. The van der Waals surface area contributed by atoms with Crippen LogP contribution in [0, 0.1) is 0 Å². The number of carbonyl (C=O) groups excluding carboxylic acids is 1. The Morgan fingerprint density at radius 1 is 1.08 bits per heavy atom. The molecule has 0 saturated carbocycles. The van der Waals surface area contributed by atoms with Crippen LogP contribution < -0.4 is 9.64 Å². The van der Waals surface area contributed by atoms with E-state index in [9.17, 15) is 4.79 Å². The van der Waals surface area contributed by atoms with Crippen molar-refractivity contribution in [3.05, 3.63) is 58.1 Å². The number of amides is 1. The van der Waals surface area contributed by atoms with Crippen LogP contribution in [0.25, 0.3) is 0 Å². The largest absolute Gasteiger partial charge is 0.479 e. The molecule has 0 heterocycles. The molecule has 0 fully saturated rings. The monoisotopic (exact) mass is 380 g/mol. The van der Waals surface area contributed by atoms with Crippen molar-refractivity contribution in [2.45, 2.75) is 19.6 Å². The number of anilines is 1. The van der Waals surface area contributed by atoms with E-state index >= 15 is 0 Å². The molecule has 134 valence electrons. The molecular weight excluding hydrogens is 359 g/mol. The molecule has 0 aliphatic carbocycles. The van der Waals surface area contributed by atoms with E-state index in [-0.39, 0.29) is 5.91 Å². The van der Waals surface area contributed by atoms with E-state index in [0.29, 0.717) is 22.3 Å². The summed E-state index contributed by atoms with van der Waals surface area (Å²) < 4.78 is 5.68. The van der Waals surface area contributed by atoms with E-state index in [2.05, 4.69) is 0 Å². The van der Waals surface area contributed by atoms with Crippen molar-refractivity contribution in [1.82, 2.24) is 4.90 Å². The Kier molecular flexibility index (Phi) is 6.57. The van der Waals surface area contributed by atoms with Gasteiger partial charge < -0.3 is 14.5 Å². The molecule has 2 aromatic carbocycles. The van der Waals surface area contributed by atoms with E-state index in [1.54, 1.807) is 37.1 Å². The van der Waals surface area contributed by atoms with Gasteiger partial charge >= 0.3 is 0 Å². The van der Waals surface area contributed by atoms with Crippen LogP contribution >= 0.6 is 23.2 Å². The number of rotatable bonds is 6. The van der Waals surface area contributed by atoms with Crippen molar-refractivity contribution in [3.8, 4) is 5.75 Å². The minimum Gasteiger partial charge on any atom is -0.479 e. The third kappa shape index (κ3) is 5.28. The number of hydrogen-bond donors (Lipinski definition) is 0. The Morgan fingerprint density at radius 2 is 1.72 bits per heavy atom. The van der Waals surface area contributed by atoms with E-state index in [1.165, 1.54) is 0 Å². The first-order valence-corrected chi connectivity index (χ1v) is 8.66. The van der Waals surface area contributed by atoms with Gasteiger partial charge in [-0.3, -0.25) is 4.79 Å². The fourth-order valence-corrected chi connectivity index (χ4v) is 2.83. The van der Waals surface area contributed by atoms with E-state index in [4.69, 9.17) is 27.9 Å². The first-order valence-electron chi connectivity index (χ1n) is 7.91. The molecular formula is C19H22Cl2N2O2. The van der Waals surface area contributed by atoms with Crippen molar-refractivity contribution in [2.75, 3.05) is 26.0 Å². The summed E-state index contributed by atoms with van der Waals surface area (Å²) in [6.45, 7) is 2.22. The predicted octanol–water partition coefficient (Wildman–Crippen LogP) is 4.49. The van der Waals surface area contributed by atoms with Crippen LogP contribution in [0.1, 0.15) is 12.5 Å². The van der Waals surface area contributed by atoms with Crippen LogP contribution in [-0.2, 0) is 11.3 Å². The van der Waals surface area contributed by atoms with E-state index < -0.39 is 6.10 Å². The summed E-state index contributed by atoms with van der Waals surface area (Å²) >= 11 is 12.0. The summed E-state index contributed by atoms with van der Waals surface area (Å²) in [6, 6.07) is 13.0. The lowest BCUT2D eigenvalue weighted by atomic mass is 10.2. The molecule has 0 N–H and O–H groups in total. The Morgan fingerprint density at radius 3 is 2.28 bits per heavy atom. The number of nitrogens with zero attached hydrogens (tertiary/aromatic N) is 2. The normalized spacial score (nSPS) is 11.8. The first-order chi connectivity index (χ1) is 11.8. The molecule has 0 spiro atoms. The highest BCUT2D eigenvalue weighted by molar-refractivity contribution is 6.35. The second-order valence-electron chi connectivity index (χ2n) is 6.09. The van der Waals surface area contributed by atoms with Crippen LogP contribution in [-0.4, -0.2) is 38.1 Å². The van der Waals surface area contributed by atoms with E-state index in [1.807, 2.05) is 43.3 Å². The lowest BCUT2D eigenvalue weighted by molar-refractivity contribution is -0.137. The topological polar surface area (TPSA) is 32.8 Å². The fraction of sp³-hybridized carbons (Fsp3) is 0.316. The minimum absolute atomic E-state index is 0.122. The Labute approximate surface area is 158 Å². The van der Waals surface area contributed by atoms with Crippen molar-refractivity contribution in [1.29, 1.82) is 0 Å². The quantitative estimate of drug-likeness (QED) is 0.740. The number of benzene rings is 2. The summed E-state index contributed by atoms with van der Waals surface area (Å²) in [5.74, 6) is 0.318. The lowest BCUT2D eigenvalue weighted by Gasteiger charge is -2.23. The summed E-state index contributed by atoms with van der Waals surface area (Å²) in [4.78, 5) is 16.2. The lowest BCUT2D eigenvalue weighted by Crippen LogP contribution is -2.37. The molecule has 2 rings (SSSR count). The molecule has 0 radical (unpaired) electrons. The maximum atomic E-state index is 12.5. The zero-order valence-corrected chi connectivity index (χ0v) is 16.3. The molecule has 0 aliphatic rings. The van der Waals surface area contributed by atoms with Crippen LogP contribution in [0.3, 0.4) is 0 Å². The summed E-state index contributed by atoms with van der Waals surface area (Å²) in [5, 5.41) is 0.906. The maximum absolute atomic E-state index is 12.5. The zero-order chi connectivity index (χ0) is 18.6. The van der Waals surface area contributed by atoms with Crippen molar-refractivity contribution in [2.24, 2.45) is 0 Å². The van der Waals surface area contributed by atoms with Gasteiger partial charge in [0.25, 0.3) is 5.91 Å². The molecule has 0 aliphatic heterocycles. The minimum atomic E-state index is -0.648. The van der Waals surface area contributed by atoms with Gasteiger partial charge in [-0.25, -0.2) is 0 Å². The van der Waals surface area contributed by atoms with Crippen molar-refractivity contribution < 1.29 is 9.53 Å². The highest BCUT2D eigenvalue weighted by atomic mass is 35.5. The van der Waals surface area contributed by atoms with Gasteiger partial charge in [0, 0.05) is 38.4 Å². The van der Waals surface area contributed by atoms with E-state index in [0.717, 1.165) is 11.3 Å². The van der Waals surface area contributed by atoms with Crippen molar-refractivity contribution in [3.63, 3.8) is 0 Å². The Bertz CT molecular complexity index is 733. The van der Waals surface area contributed by atoms with Crippen molar-refractivity contribution >= 4 is 34.8 Å². The standard InChI is InChI=1S/C19H22Cl2N2O2/c1-13(25-18-10-7-15(20)11-17(18)21)19(24)23(4)12-14-5-8-16(9-6-14)22(2)3/h5-11,13H,12H2,1-4H3/t13-/m0/s1. The number of hydrogen-bond acceptors (Lipinski definition) is 3. The molecule has 0 unspecified atom stereocenters. The van der Waals surface area contributed by atoms with Crippen LogP contribution in [0.15, 0.2) is 42.5 Å². The Hall–Kier alpha value is -1.91. The van der Waals surface area contributed by atoms with Crippen LogP contribution in [0.5, 0.6) is 5.75 Å². The average Bonchev–Trinajstić information content (AvgIpc) is 2.57. The fourth-order valence-electron chi connectivity index (χ4n) is 2.37. The molecule has 2 aromatic rings. The highest BCUT2D eigenvalue weighted by Gasteiger charge is 2.20. The summed E-state index contributed by atoms with van der Waals surface area (Å²) in [6.07, 6.45) is -0.648. The second-order valence-corrected chi connectivity index (χ2v) is 6.93. The summed E-state index contributed by atoms with van der Waals surface area (Å²) in [7, 11) is 5.74. The third-order valence-electron chi connectivity index (χ3n) is 3.79. The zero-order valence-electron chi connectivity index (χ0n) is 14.8. The molecule has 0 aromatic heterocycles. The smallest absolute Gasteiger partial charge is 0.263 e. The molecule has 1 amide bonds. The van der Waals surface area contributed by atoms with Gasteiger partial charge in [0.1, 0.15) is 5.75 Å². The second kappa shape index (κ2) is 8.45. The molecule has 6 heteroatoms. The van der Waals surface area contributed by atoms with Gasteiger partial charge in [0.2, 0.25) is 0 Å². The van der Waals surface area contributed by atoms with Gasteiger partial charge in [-0.05, 0) is 42.8 Å². The molecule has 0 bridgehead atoms. The molecule has 25 heavy (non-hydrogen) atoms. The molecule has 4 nitrogen and oxygen atoms in total. The predicted molar refractivity (Wildman–Crippen MR) is 104 cm³/mol. The van der Waals surface area contributed by atoms with Gasteiger partial charge in [0.15, 0.2) is 6.10 Å². The first kappa shape index (κ1) is 19.4. The maximum Gasteiger partial charge on any atom is 0.263 e. The SMILES string of the molecule is C[C@H](Oc1ccc(Cl)cc1Cl)C(=O)N(C)Cc1ccc(N(C)C)cc1. The Balaban J connectivity index is 1.98. The third-order valence-corrected chi connectivity index (χ3v) is 4.32. The van der Waals surface area contributed by atoms with Crippen LogP contribution in [0.2, 0.25) is 10.0 Å². The highest BCUT2D eigenvalue weighted by Crippen LogP contribution is 2.28. The number of likely N-dealkylation sites (N-methyl/N-ethyl adjacent to an activating group) is 1. The van der Waals surface area contributed by atoms with Gasteiger partial charge in [-0.2, -0.15) is 0 Å². The number of carbonyl (C=O) groups is 1. The van der Waals surface area contributed by atoms with Gasteiger partial charge in [-0.1, -0.05) is 35.3 Å². The number of halogens is 2. The van der Waals surface area contributed by atoms with Gasteiger partial charge in [0.05, 0.1) is 5.02 Å².